The van der Waals surface area contributed by atoms with E-state index in [0.717, 1.165) is 12.1 Å². The summed E-state index contributed by atoms with van der Waals surface area (Å²) in [6.07, 6.45) is -4.45. The van der Waals surface area contributed by atoms with E-state index >= 15 is 0 Å². The molecule has 2 atom stereocenters. The Balaban J connectivity index is 1.83. The van der Waals surface area contributed by atoms with Crippen molar-refractivity contribution >= 4 is 22.9 Å². The van der Waals surface area contributed by atoms with Crippen LogP contribution in [0.25, 0.3) is 16.9 Å². The number of carbonyl (C=O) groups excluding carboxylic acids is 1. The fourth-order valence-electron chi connectivity index (χ4n) is 3.21. The minimum Gasteiger partial charge on any atom is -0.481 e. The number of fused-ring (bicyclic) bond motifs is 1. The smallest absolute Gasteiger partial charge is 0.481 e. The number of ether oxygens (including phenoxy) is 1. The molecule has 2 unspecified atom stereocenters. The molecule has 3 N–H and O–H groups in total. The van der Waals surface area contributed by atoms with Gasteiger partial charge in [-0.2, -0.15) is 0 Å². The predicted molar refractivity (Wildman–Crippen MR) is 92.5 cm³/mol. The third kappa shape index (κ3) is 3.58. The van der Waals surface area contributed by atoms with Crippen LogP contribution in [-0.2, 0) is 4.79 Å². The molecule has 2 heterocycles. The lowest BCUT2D eigenvalue weighted by atomic mass is 10.2. The number of aliphatic carboxylic acids is 1. The molecule has 3 aromatic rings. The van der Waals surface area contributed by atoms with Crippen LogP contribution in [0.5, 0.6) is 5.75 Å². The van der Waals surface area contributed by atoms with Gasteiger partial charge in [0.25, 0.3) is 5.91 Å². The topological polar surface area (TPSA) is 120 Å². The zero-order valence-electron chi connectivity index (χ0n) is 14.6. The second-order valence-electron chi connectivity index (χ2n) is 6.54. The number of hydrogen-bond donors (Lipinski definition) is 2. The number of rotatable bonds is 5. The molecule has 1 amide bonds. The van der Waals surface area contributed by atoms with Gasteiger partial charge in [0.1, 0.15) is 11.6 Å². The fraction of sp³-hybridized carbons (Fsp3) is 0.222. The van der Waals surface area contributed by atoms with E-state index in [1.807, 2.05) is 0 Å². The summed E-state index contributed by atoms with van der Waals surface area (Å²) in [5, 5.41) is 9.11. The number of carboxylic acids is 1. The van der Waals surface area contributed by atoms with Crippen LogP contribution in [-0.4, -0.2) is 37.9 Å². The van der Waals surface area contributed by atoms with Crippen LogP contribution in [0, 0.1) is 5.92 Å². The van der Waals surface area contributed by atoms with Gasteiger partial charge in [-0.1, -0.05) is 6.07 Å². The van der Waals surface area contributed by atoms with Crippen LogP contribution >= 0.6 is 0 Å². The molecule has 0 radical (unpaired) electrons. The first-order valence-corrected chi connectivity index (χ1v) is 8.42. The Labute approximate surface area is 160 Å². The number of nitrogens with zero attached hydrogens (tertiary/aromatic N) is 3. The second-order valence-corrected chi connectivity index (χ2v) is 6.54. The molecule has 0 aliphatic heterocycles. The molecule has 1 aliphatic rings. The number of aromatic nitrogens is 3. The summed E-state index contributed by atoms with van der Waals surface area (Å²) in [6.45, 7) is 0. The lowest BCUT2D eigenvalue weighted by molar-refractivity contribution is -0.274. The van der Waals surface area contributed by atoms with Crippen molar-refractivity contribution in [2.45, 2.75) is 18.7 Å². The zero-order valence-corrected chi connectivity index (χ0v) is 14.6. The Bertz CT molecular complexity index is 1140. The van der Waals surface area contributed by atoms with Crippen molar-refractivity contribution in [2.75, 3.05) is 0 Å². The molecule has 0 saturated heterocycles. The van der Waals surface area contributed by atoms with Crippen molar-refractivity contribution < 1.29 is 32.6 Å². The molecule has 29 heavy (non-hydrogen) atoms. The average Bonchev–Trinajstić information content (AvgIpc) is 3.35. The molecule has 0 bridgehead atoms. The van der Waals surface area contributed by atoms with Gasteiger partial charge < -0.3 is 15.6 Å². The molecule has 8 nitrogen and oxygen atoms in total. The van der Waals surface area contributed by atoms with Gasteiger partial charge in [0, 0.05) is 17.7 Å². The highest BCUT2D eigenvalue weighted by Crippen LogP contribution is 2.47. The summed E-state index contributed by atoms with van der Waals surface area (Å²) in [5.41, 5.74) is 6.24. The first-order valence-electron chi connectivity index (χ1n) is 8.42. The highest BCUT2D eigenvalue weighted by Gasteiger charge is 2.45. The summed E-state index contributed by atoms with van der Waals surface area (Å²) >= 11 is 0. The number of amides is 1. The standard InChI is InChI=1S/C18H13F3N4O4/c19-18(20,21)29-8-4-5-12-13(6-8)25(16(24-12)15(22)26)14-3-1-2-11(23-14)9-7-10(9)17(27)28/h1-6,9-10H,7H2,(H2,22,26)(H,27,28). The zero-order chi connectivity index (χ0) is 20.9. The van der Waals surface area contributed by atoms with E-state index in [9.17, 15) is 22.8 Å². The lowest BCUT2D eigenvalue weighted by Crippen LogP contribution is -2.18. The fourth-order valence-corrected chi connectivity index (χ4v) is 3.21. The van der Waals surface area contributed by atoms with Crippen molar-refractivity contribution in [3.8, 4) is 11.6 Å². The SMILES string of the molecule is NC(=O)c1nc2ccc(OC(F)(F)F)cc2n1-c1cccc(C2CC2C(=O)O)n1. The average molecular weight is 406 g/mol. The van der Waals surface area contributed by atoms with Crippen LogP contribution in [0.15, 0.2) is 36.4 Å². The maximum absolute atomic E-state index is 12.6. The van der Waals surface area contributed by atoms with Crippen molar-refractivity contribution in [3.05, 3.63) is 47.9 Å². The Kier molecular flexibility index (Phi) is 4.17. The number of imidazole rings is 1. The van der Waals surface area contributed by atoms with E-state index < -0.39 is 29.9 Å². The number of benzene rings is 1. The first kappa shape index (κ1) is 18.7. The largest absolute Gasteiger partial charge is 0.573 e. The minimum atomic E-state index is -4.89. The molecule has 1 aromatic carbocycles. The summed E-state index contributed by atoms with van der Waals surface area (Å²) < 4.78 is 42.9. The predicted octanol–water partition coefficient (Wildman–Crippen LogP) is 2.61. The van der Waals surface area contributed by atoms with Gasteiger partial charge in [-0.25, -0.2) is 9.97 Å². The van der Waals surface area contributed by atoms with Gasteiger partial charge in [-0.3, -0.25) is 14.2 Å². The number of nitrogens with two attached hydrogens (primary N) is 1. The summed E-state index contributed by atoms with van der Waals surface area (Å²) in [7, 11) is 0. The van der Waals surface area contributed by atoms with Crippen molar-refractivity contribution in [3.63, 3.8) is 0 Å². The van der Waals surface area contributed by atoms with Crippen molar-refractivity contribution in [1.82, 2.24) is 14.5 Å². The van der Waals surface area contributed by atoms with E-state index in [-0.39, 0.29) is 28.6 Å². The number of carboxylic acid groups (broad SMARTS) is 1. The van der Waals surface area contributed by atoms with Crippen LogP contribution < -0.4 is 10.5 Å². The summed E-state index contributed by atoms with van der Waals surface area (Å²) in [6, 6.07) is 8.20. The minimum absolute atomic E-state index is 0.135. The monoisotopic (exact) mass is 406 g/mol. The number of primary amides is 1. The van der Waals surface area contributed by atoms with Crippen LogP contribution in [0.1, 0.15) is 28.7 Å². The molecule has 11 heteroatoms. The van der Waals surface area contributed by atoms with E-state index in [4.69, 9.17) is 10.8 Å². The summed E-state index contributed by atoms with van der Waals surface area (Å²) in [5.74, 6) is -3.18. The Morgan fingerprint density at radius 2 is 1.97 bits per heavy atom. The van der Waals surface area contributed by atoms with E-state index in [1.165, 1.54) is 16.7 Å². The molecule has 0 spiro atoms. The second kappa shape index (κ2) is 6.47. The van der Waals surface area contributed by atoms with E-state index in [2.05, 4.69) is 14.7 Å². The molecular weight excluding hydrogens is 393 g/mol. The normalized spacial score (nSPS) is 18.6. The van der Waals surface area contributed by atoms with Gasteiger partial charge in [-0.05, 0) is 30.7 Å². The highest BCUT2D eigenvalue weighted by atomic mass is 19.4. The van der Waals surface area contributed by atoms with Gasteiger partial charge in [0.2, 0.25) is 5.82 Å². The molecule has 2 aromatic heterocycles. The van der Waals surface area contributed by atoms with Gasteiger partial charge >= 0.3 is 12.3 Å². The quantitative estimate of drug-likeness (QED) is 0.672. The first-order chi connectivity index (χ1) is 13.6. The van der Waals surface area contributed by atoms with Gasteiger partial charge in [-0.15, -0.1) is 13.2 Å². The lowest BCUT2D eigenvalue weighted by Gasteiger charge is -2.11. The van der Waals surface area contributed by atoms with Crippen molar-refractivity contribution in [2.24, 2.45) is 11.7 Å². The molecule has 1 aliphatic carbocycles. The molecule has 1 saturated carbocycles. The third-order valence-corrected chi connectivity index (χ3v) is 4.55. The number of hydrogen-bond acceptors (Lipinski definition) is 5. The van der Waals surface area contributed by atoms with E-state index in [1.54, 1.807) is 12.1 Å². The van der Waals surface area contributed by atoms with Crippen LogP contribution in [0.2, 0.25) is 0 Å². The molecule has 4 rings (SSSR count). The number of carbonyl (C=O) groups is 2. The number of pyridine rings is 1. The van der Waals surface area contributed by atoms with Gasteiger partial charge in [0.05, 0.1) is 17.0 Å². The maximum atomic E-state index is 12.6. The highest BCUT2D eigenvalue weighted by molar-refractivity contribution is 5.95. The number of alkyl halides is 3. The summed E-state index contributed by atoms with van der Waals surface area (Å²) in [4.78, 5) is 31.5. The third-order valence-electron chi connectivity index (χ3n) is 4.55. The molecule has 150 valence electrons. The van der Waals surface area contributed by atoms with Crippen LogP contribution in [0.3, 0.4) is 0 Å². The van der Waals surface area contributed by atoms with Gasteiger partial charge in [0.15, 0.2) is 0 Å². The van der Waals surface area contributed by atoms with Crippen molar-refractivity contribution in [1.29, 1.82) is 0 Å². The number of halogens is 3. The Morgan fingerprint density at radius 1 is 1.21 bits per heavy atom. The molecular formula is C18H13F3N4O4. The molecule has 1 fully saturated rings. The Morgan fingerprint density at radius 3 is 2.59 bits per heavy atom. The Hall–Kier alpha value is -3.63. The van der Waals surface area contributed by atoms with E-state index in [0.29, 0.717) is 12.1 Å². The van der Waals surface area contributed by atoms with Crippen LogP contribution in [0.4, 0.5) is 13.2 Å². The maximum Gasteiger partial charge on any atom is 0.573 e.